The summed E-state index contributed by atoms with van der Waals surface area (Å²) in [6.45, 7) is 3.91. The van der Waals surface area contributed by atoms with Crippen LogP contribution in [0.25, 0.3) is 0 Å². The molecule has 2 aromatic carbocycles. The van der Waals surface area contributed by atoms with E-state index in [0.29, 0.717) is 6.61 Å². The number of nitrogens with one attached hydrogen (secondary N) is 1. The van der Waals surface area contributed by atoms with Gasteiger partial charge in [-0.05, 0) is 44.2 Å². The molecule has 23 heavy (non-hydrogen) atoms. The van der Waals surface area contributed by atoms with E-state index in [9.17, 15) is 18.3 Å². The summed E-state index contributed by atoms with van der Waals surface area (Å²) in [5.41, 5.74) is 1.00. The van der Waals surface area contributed by atoms with Crippen LogP contribution in [0, 0.1) is 6.92 Å². The quantitative estimate of drug-likeness (QED) is 0.847. The number of hydrogen-bond donors (Lipinski definition) is 2. The molecule has 0 aliphatic rings. The summed E-state index contributed by atoms with van der Waals surface area (Å²) < 4.78 is 32.2. The summed E-state index contributed by atoms with van der Waals surface area (Å²) in [5, 5.41) is 9.21. The molecule has 0 aliphatic carbocycles. The van der Waals surface area contributed by atoms with Crippen LogP contribution in [0.5, 0.6) is 5.75 Å². The zero-order valence-corrected chi connectivity index (χ0v) is 13.6. The van der Waals surface area contributed by atoms with Gasteiger partial charge in [0, 0.05) is 5.69 Å². The van der Waals surface area contributed by atoms with Crippen molar-refractivity contribution in [1.29, 1.82) is 0 Å². The van der Waals surface area contributed by atoms with E-state index in [0.717, 1.165) is 5.56 Å². The zero-order valence-electron chi connectivity index (χ0n) is 12.7. The van der Waals surface area contributed by atoms with Crippen LogP contribution in [0.2, 0.25) is 0 Å². The lowest BCUT2D eigenvalue weighted by Crippen LogP contribution is -2.13. The molecule has 0 aromatic heterocycles. The van der Waals surface area contributed by atoms with E-state index in [1.807, 2.05) is 6.92 Å². The van der Waals surface area contributed by atoms with Gasteiger partial charge in [0.05, 0.1) is 11.5 Å². The van der Waals surface area contributed by atoms with Crippen molar-refractivity contribution in [3.05, 3.63) is 53.6 Å². The fourth-order valence-corrected chi connectivity index (χ4v) is 3.02. The first-order valence-electron chi connectivity index (χ1n) is 6.93. The number of carboxylic acid groups (broad SMARTS) is 1. The largest absolute Gasteiger partial charge is 0.493 e. The Balaban J connectivity index is 2.34. The minimum atomic E-state index is -3.78. The number of hydrogen-bond acceptors (Lipinski definition) is 4. The Morgan fingerprint density at radius 1 is 1.17 bits per heavy atom. The van der Waals surface area contributed by atoms with E-state index in [1.54, 1.807) is 19.1 Å². The molecular formula is C16H17NO5S. The molecule has 0 atom stereocenters. The van der Waals surface area contributed by atoms with Crippen LogP contribution in [0.15, 0.2) is 47.4 Å². The summed E-state index contributed by atoms with van der Waals surface area (Å²) in [4.78, 5) is 11.4. The van der Waals surface area contributed by atoms with Crippen molar-refractivity contribution in [2.45, 2.75) is 18.7 Å². The summed E-state index contributed by atoms with van der Waals surface area (Å²) in [7, 11) is -3.78. The lowest BCUT2D eigenvalue weighted by atomic mass is 10.2. The molecule has 0 aliphatic heterocycles. The highest BCUT2D eigenvalue weighted by Gasteiger charge is 2.17. The van der Waals surface area contributed by atoms with E-state index in [4.69, 9.17) is 4.74 Å². The average Bonchev–Trinajstić information content (AvgIpc) is 2.49. The SMILES string of the molecule is CCOc1ccc(NS(=O)(=O)c2ccc(C)cc2)cc1C(=O)O. The Morgan fingerprint density at radius 3 is 2.39 bits per heavy atom. The van der Waals surface area contributed by atoms with Crippen LogP contribution in [0.3, 0.4) is 0 Å². The zero-order chi connectivity index (χ0) is 17.0. The fraction of sp³-hybridized carbons (Fsp3) is 0.188. The average molecular weight is 335 g/mol. The summed E-state index contributed by atoms with van der Waals surface area (Å²) in [6, 6.07) is 10.5. The van der Waals surface area contributed by atoms with Crippen LogP contribution >= 0.6 is 0 Å². The monoisotopic (exact) mass is 335 g/mol. The van der Waals surface area contributed by atoms with Gasteiger partial charge in [-0.25, -0.2) is 13.2 Å². The third-order valence-corrected chi connectivity index (χ3v) is 4.49. The first-order chi connectivity index (χ1) is 10.8. The molecule has 6 nitrogen and oxygen atoms in total. The Hall–Kier alpha value is -2.54. The predicted octanol–water partition coefficient (Wildman–Crippen LogP) is 2.89. The molecule has 2 N–H and O–H groups in total. The molecule has 0 amide bonds. The summed E-state index contributed by atoms with van der Waals surface area (Å²) in [5.74, 6) is -0.997. The van der Waals surface area contributed by atoms with Crippen molar-refractivity contribution in [2.24, 2.45) is 0 Å². The van der Waals surface area contributed by atoms with Crippen molar-refractivity contribution >= 4 is 21.7 Å². The second kappa shape index (κ2) is 6.70. The molecule has 0 spiro atoms. The Bertz CT molecular complexity index is 813. The van der Waals surface area contributed by atoms with Crippen LogP contribution in [0.1, 0.15) is 22.8 Å². The molecule has 122 valence electrons. The number of ether oxygens (including phenoxy) is 1. The third kappa shape index (κ3) is 4.01. The van der Waals surface area contributed by atoms with Gasteiger partial charge in [-0.3, -0.25) is 4.72 Å². The number of sulfonamides is 1. The van der Waals surface area contributed by atoms with Crippen LogP contribution in [-0.2, 0) is 10.0 Å². The summed E-state index contributed by atoms with van der Waals surface area (Å²) >= 11 is 0. The second-order valence-corrected chi connectivity index (χ2v) is 6.55. The summed E-state index contributed by atoms with van der Waals surface area (Å²) in [6.07, 6.45) is 0. The number of carboxylic acids is 1. The third-order valence-electron chi connectivity index (χ3n) is 3.09. The molecule has 0 saturated heterocycles. The van der Waals surface area contributed by atoms with Gasteiger partial charge in [-0.2, -0.15) is 0 Å². The maximum absolute atomic E-state index is 12.3. The number of aryl methyl sites for hydroxylation is 1. The topological polar surface area (TPSA) is 92.7 Å². The maximum atomic E-state index is 12.3. The molecule has 0 bridgehead atoms. The van der Waals surface area contributed by atoms with Crippen LogP contribution < -0.4 is 9.46 Å². The van der Waals surface area contributed by atoms with Gasteiger partial charge in [0.2, 0.25) is 0 Å². The smallest absolute Gasteiger partial charge is 0.339 e. The molecule has 2 rings (SSSR count). The van der Waals surface area contributed by atoms with E-state index in [2.05, 4.69) is 4.72 Å². The van der Waals surface area contributed by atoms with Crippen LogP contribution in [0.4, 0.5) is 5.69 Å². The Labute approximate surface area is 134 Å². The first kappa shape index (κ1) is 16.8. The molecule has 2 aromatic rings. The van der Waals surface area contributed by atoms with E-state index >= 15 is 0 Å². The number of aromatic carboxylic acids is 1. The van der Waals surface area contributed by atoms with Crippen molar-refractivity contribution in [1.82, 2.24) is 0 Å². The Kier molecular flexibility index (Phi) is 4.90. The van der Waals surface area contributed by atoms with Crippen LogP contribution in [-0.4, -0.2) is 26.1 Å². The standard InChI is InChI=1S/C16H17NO5S/c1-3-22-15-9-6-12(10-14(15)16(18)19)17-23(20,21)13-7-4-11(2)5-8-13/h4-10,17H,3H2,1-2H3,(H,18,19). The molecule has 0 heterocycles. The second-order valence-electron chi connectivity index (χ2n) is 4.87. The molecule has 7 heteroatoms. The molecule has 0 radical (unpaired) electrons. The number of anilines is 1. The molecule has 0 saturated carbocycles. The lowest BCUT2D eigenvalue weighted by Gasteiger charge is -2.12. The van der Waals surface area contributed by atoms with Gasteiger partial charge < -0.3 is 9.84 Å². The van der Waals surface area contributed by atoms with Gasteiger partial charge in [0.15, 0.2) is 0 Å². The van der Waals surface area contributed by atoms with E-state index < -0.39 is 16.0 Å². The normalized spacial score (nSPS) is 11.0. The molecular weight excluding hydrogens is 318 g/mol. The maximum Gasteiger partial charge on any atom is 0.339 e. The predicted molar refractivity (Wildman–Crippen MR) is 86.6 cm³/mol. The molecule has 0 unspecified atom stereocenters. The van der Waals surface area contributed by atoms with E-state index in [-0.39, 0.29) is 21.9 Å². The van der Waals surface area contributed by atoms with Crippen molar-refractivity contribution in [3.63, 3.8) is 0 Å². The van der Waals surface area contributed by atoms with Gasteiger partial charge in [-0.1, -0.05) is 17.7 Å². The van der Waals surface area contributed by atoms with Crippen molar-refractivity contribution in [2.75, 3.05) is 11.3 Å². The number of benzene rings is 2. The van der Waals surface area contributed by atoms with E-state index in [1.165, 1.54) is 30.3 Å². The van der Waals surface area contributed by atoms with Gasteiger partial charge in [0.1, 0.15) is 11.3 Å². The number of rotatable bonds is 6. The van der Waals surface area contributed by atoms with Crippen molar-refractivity contribution < 1.29 is 23.1 Å². The Morgan fingerprint density at radius 2 is 1.83 bits per heavy atom. The number of carbonyl (C=O) groups is 1. The minimum Gasteiger partial charge on any atom is -0.493 e. The highest BCUT2D eigenvalue weighted by molar-refractivity contribution is 7.92. The molecule has 0 fully saturated rings. The van der Waals surface area contributed by atoms with Gasteiger partial charge >= 0.3 is 5.97 Å². The highest BCUT2D eigenvalue weighted by Crippen LogP contribution is 2.25. The van der Waals surface area contributed by atoms with Gasteiger partial charge in [-0.15, -0.1) is 0 Å². The fourth-order valence-electron chi connectivity index (χ4n) is 1.97. The lowest BCUT2D eigenvalue weighted by molar-refractivity contribution is 0.0692. The minimum absolute atomic E-state index is 0.101. The highest BCUT2D eigenvalue weighted by atomic mass is 32.2. The van der Waals surface area contributed by atoms with Crippen molar-refractivity contribution in [3.8, 4) is 5.75 Å². The van der Waals surface area contributed by atoms with Gasteiger partial charge in [0.25, 0.3) is 10.0 Å². The first-order valence-corrected chi connectivity index (χ1v) is 8.41.